The number of nitrogens with zero attached hydrogens (tertiary/aromatic N) is 1. The lowest BCUT2D eigenvalue weighted by Crippen LogP contribution is -2.01. The summed E-state index contributed by atoms with van der Waals surface area (Å²) in [6, 6.07) is 7.65. The van der Waals surface area contributed by atoms with Crippen molar-refractivity contribution in [2.24, 2.45) is 5.16 Å². The van der Waals surface area contributed by atoms with E-state index in [-0.39, 0.29) is 0 Å². The van der Waals surface area contributed by atoms with E-state index in [2.05, 4.69) is 16.9 Å². The molecule has 4 nitrogen and oxygen atoms in total. The Balaban J connectivity index is 1.96. The van der Waals surface area contributed by atoms with Crippen LogP contribution in [-0.2, 0) is 9.63 Å². The number of carbonyl (C=O) groups excluding carboxylic acids is 1. The molecule has 2 rings (SSSR count). The van der Waals surface area contributed by atoms with Crippen LogP contribution in [-0.4, -0.2) is 18.3 Å². The molecule has 0 saturated heterocycles. The van der Waals surface area contributed by atoms with Crippen molar-refractivity contribution in [2.45, 2.75) is 33.1 Å². The fraction of sp³-hybridized carbons (Fsp3) is 0.375. The standard InChI is InChI=1S/C16H19NO3/c1-3-4-5-10-19-14-8-6-13(7-9-14)11-15-12(2)17-20-16(15)18/h6-9,11H,3-5,10H2,1-2H3/b15-11+. The second kappa shape index (κ2) is 6.89. The summed E-state index contributed by atoms with van der Waals surface area (Å²) >= 11 is 0. The summed E-state index contributed by atoms with van der Waals surface area (Å²) in [6.07, 6.45) is 5.22. The second-order valence-corrected chi connectivity index (χ2v) is 4.74. The molecule has 106 valence electrons. The van der Waals surface area contributed by atoms with E-state index in [1.807, 2.05) is 24.3 Å². The van der Waals surface area contributed by atoms with E-state index in [1.54, 1.807) is 13.0 Å². The Labute approximate surface area is 119 Å². The highest BCUT2D eigenvalue weighted by Crippen LogP contribution is 2.18. The SMILES string of the molecule is CCCCCOc1ccc(/C=C2/C(=O)ON=C2C)cc1. The highest BCUT2D eigenvalue weighted by Gasteiger charge is 2.21. The molecule has 0 N–H and O–H groups in total. The first-order chi connectivity index (χ1) is 9.70. The van der Waals surface area contributed by atoms with Crippen molar-refractivity contribution in [3.8, 4) is 5.75 Å². The maximum Gasteiger partial charge on any atom is 0.367 e. The van der Waals surface area contributed by atoms with Gasteiger partial charge in [0.05, 0.1) is 17.9 Å². The fourth-order valence-electron chi connectivity index (χ4n) is 1.89. The predicted molar refractivity (Wildman–Crippen MR) is 78.6 cm³/mol. The molecular formula is C16H19NO3. The molecule has 0 aliphatic carbocycles. The number of unbranched alkanes of at least 4 members (excludes halogenated alkanes) is 2. The van der Waals surface area contributed by atoms with Crippen molar-refractivity contribution >= 4 is 17.8 Å². The van der Waals surface area contributed by atoms with Gasteiger partial charge in [-0.05, 0) is 37.1 Å². The number of hydrogen-bond donors (Lipinski definition) is 0. The van der Waals surface area contributed by atoms with Crippen LogP contribution in [0.15, 0.2) is 35.0 Å². The summed E-state index contributed by atoms with van der Waals surface area (Å²) < 4.78 is 5.64. The molecule has 0 atom stereocenters. The van der Waals surface area contributed by atoms with Gasteiger partial charge in [-0.3, -0.25) is 0 Å². The van der Waals surface area contributed by atoms with Crippen molar-refractivity contribution in [1.82, 2.24) is 0 Å². The minimum Gasteiger partial charge on any atom is -0.494 e. The quantitative estimate of drug-likeness (QED) is 0.452. The lowest BCUT2D eigenvalue weighted by atomic mass is 10.1. The van der Waals surface area contributed by atoms with Gasteiger partial charge in [-0.15, -0.1) is 0 Å². The van der Waals surface area contributed by atoms with E-state index in [1.165, 1.54) is 12.8 Å². The van der Waals surface area contributed by atoms with Crippen molar-refractivity contribution in [2.75, 3.05) is 6.61 Å². The zero-order valence-corrected chi connectivity index (χ0v) is 11.9. The second-order valence-electron chi connectivity index (χ2n) is 4.74. The number of ether oxygens (including phenoxy) is 1. The third kappa shape index (κ3) is 3.70. The minimum atomic E-state index is -0.401. The summed E-state index contributed by atoms with van der Waals surface area (Å²) in [6.45, 7) is 4.66. The van der Waals surface area contributed by atoms with Crippen molar-refractivity contribution in [3.63, 3.8) is 0 Å². The number of carbonyl (C=O) groups is 1. The Bertz CT molecular complexity index is 529. The van der Waals surface area contributed by atoms with Crippen LogP contribution >= 0.6 is 0 Å². The molecule has 0 amide bonds. The lowest BCUT2D eigenvalue weighted by molar-refractivity contribution is -0.136. The van der Waals surface area contributed by atoms with Crippen molar-refractivity contribution in [3.05, 3.63) is 35.4 Å². The van der Waals surface area contributed by atoms with Crippen LogP contribution in [0.2, 0.25) is 0 Å². The van der Waals surface area contributed by atoms with Gasteiger partial charge in [0.15, 0.2) is 0 Å². The maximum atomic E-state index is 11.4. The largest absolute Gasteiger partial charge is 0.494 e. The smallest absolute Gasteiger partial charge is 0.367 e. The summed E-state index contributed by atoms with van der Waals surface area (Å²) in [7, 11) is 0. The lowest BCUT2D eigenvalue weighted by Gasteiger charge is -2.05. The van der Waals surface area contributed by atoms with Gasteiger partial charge in [0.25, 0.3) is 0 Å². The van der Waals surface area contributed by atoms with Gasteiger partial charge in [0, 0.05) is 0 Å². The number of benzene rings is 1. The molecule has 4 heteroatoms. The van der Waals surface area contributed by atoms with Crippen LogP contribution in [0.4, 0.5) is 0 Å². The molecule has 0 bridgehead atoms. The van der Waals surface area contributed by atoms with Gasteiger partial charge in [0.2, 0.25) is 0 Å². The van der Waals surface area contributed by atoms with Crippen LogP contribution in [0.3, 0.4) is 0 Å². The highest BCUT2D eigenvalue weighted by atomic mass is 16.7. The monoisotopic (exact) mass is 273 g/mol. The van der Waals surface area contributed by atoms with E-state index in [4.69, 9.17) is 4.74 Å². The molecule has 1 aliphatic heterocycles. The number of oxime groups is 1. The fourth-order valence-corrected chi connectivity index (χ4v) is 1.89. The highest BCUT2D eigenvalue weighted by molar-refractivity contribution is 6.24. The Kier molecular flexibility index (Phi) is 4.93. The zero-order valence-electron chi connectivity index (χ0n) is 11.9. The topological polar surface area (TPSA) is 47.9 Å². The Morgan fingerprint density at radius 3 is 2.60 bits per heavy atom. The van der Waals surface area contributed by atoms with Gasteiger partial charge in [-0.1, -0.05) is 37.1 Å². The number of hydrogen-bond acceptors (Lipinski definition) is 4. The van der Waals surface area contributed by atoms with E-state index in [0.717, 1.165) is 24.3 Å². The Morgan fingerprint density at radius 2 is 2.00 bits per heavy atom. The summed E-state index contributed by atoms with van der Waals surface area (Å²) in [5.41, 5.74) is 2.03. The maximum absolute atomic E-state index is 11.4. The molecule has 0 saturated carbocycles. The average molecular weight is 273 g/mol. The molecule has 0 spiro atoms. The van der Waals surface area contributed by atoms with Crippen LogP contribution in [0.5, 0.6) is 5.75 Å². The zero-order chi connectivity index (χ0) is 14.4. The third-order valence-corrected chi connectivity index (χ3v) is 3.08. The van der Waals surface area contributed by atoms with E-state index >= 15 is 0 Å². The van der Waals surface area contributed by atoms with Gasteiger partial charge in [-0.25, -0.2) is 4.79 Å². The molecule has 0 unspecified atom stereocenters. The predicted octanol–water partition coefficient (Wildman–Crippen LogP) is 3.57. The minimum absolute atomic E-state index is 0.401. The van der Waals surface area contributed by atoms with E-state index < -0.39 is 5.97 Å². The van der Waals surface area contributed by atoms with Crippen molar-refractivity contribution in [1.29, 1.82) is 0 Å². The van der Waals surface area contributed by atoms with E-state index in [9.17, 15) is 4.79 Å². The first-order valence-corrected chi connectivity index (χ1v) is 6.91. The Hall–Kier alpha value is -2.10. The van der Waals surface area contributed by atoms with Crippen LogP contribution in [0, 0.1) is 0 Å². The normalized spacial score (nSPS) is 16.2. The first-order valence-electron chi connectivity index (χ1n) is 6.91. The molecular weight excluding hydrogens is 254 g/mol. The van der Waals surface area contributed by atoms with Gasteiger partial charge in [0.1, 0.15) is 5.75 Å². The molecule has 0 fully saturated rings. The summed E-state index contributed by atoms with van der Waals surface area (Å²) in [4.78, 5) is 16.0. The number of rotatable bonds is 6. The summed E-state index contributed by atoms with van der Waals surface area (Å²) in [5.74, 6) is 0.449. The third-order valence-electron chi connectivity index (χ3n) is 3.08. The molecule has 1 aromatic carbocycles. The molecule has 1 heterocycles. The molecule has 20 heavy (non-hydrogen) atoms. The molecule has 1 aliphatic rings. The van der Waals surface area contributed by atoms with Crippen LogP contribution in [0.1, 0.15) is 38.7 Å². The van der Waals surface area contributed by atoms with E-state index in [0.29, 0.717) is 11.3 Å². The first kappa shape index (κ1) is 14.3. The molecule has 1 aromatic rings. The molecule has 0 radical (unpaired) electrons. The average Bonchev–Trinajstić information content (AvgIpc) is 2.77. The van der Waals surface area contributed by atoms with Gasteiger partial charge in [-0.2, -0.15) is 0 Å². The van der Waals surface area contributed by atoms with Crippen molar-refractivity contribution < 1.29 is 14.4 Å². The van der Waals surface area contributed by atoms with Crippen LogP contribution in [0.25, 0.3) is 6.08 Å². The van der Waals surface area contributed by atoms with Gasteiger partial charge >= 0.3 is 5.97 Å². The van der Waals surface area contributed by atoms with Gasteiger partial charge < -0.3 is 9.57 Å². The molecule has 0 aromatic heterocycles. The van der Waals surface area contributed by atoms with Crippen LogP contribution < -0.4 is 4.74 Å². The Morgan fingerprint density at radius 1 is 1.25 bits per heavy atom. The summed E-state index contributed by atoms with van der Waals surface area (Å²) in [5, 5.41) is 3.64.